The Morgan fingerprint density at radius 2 is 1.39 bits per heavy atom. The predicted octanol–water partition coefficient (Wildman–Crippen LogP) is 3.70. The summed E-state index contributed by atoms with van der Waals surface area (Å²) >= 11 is 16.5. The molecule has 0 aliphatic rings. The van der Waals surface area contributed by atoms with Crippen LogP contribution in [-0.2, 0) is 12.5 Å². The Morgan fingerprint density at radius 1 is 0.889 bits per heavy atom. The molecule has 0 saturated carbocycles. The first-order chi connectivity index (χ1) is 8.65. The van der Waals surface area contributed by atoms with E-state index in [-0.39, 0.29) is 6.61 Å². The number of hydrogen-bond donors (Lipinski definition) is 1. The van der Waals surface area contributed by atoms with Crippen molar-refractivity contribution in [3.05, 3.63) is 58.1 Å². The third-order valence-corrected chi connectivity index (χ3v) is 2.54. The first-order valence-corrected chi connectivity index (χ1v) is 6.34. The fourth-order valence-corrected chi connectivity index (χ4v) is 1.57. The zero-order valence-corrected chi connectivity index (χ0v) is 11.6. The van der Waals surface area contributed by atoms with Crippen LogP contribution in [0.5, 0.6) is 0 Å². The van der Waals surface area contributed by atoms with Gasteiger partial charge in [-0.15, -0.1) is 11.6 Å². The van der Waals surface area contributed by atoms with Crippen molar-refractivity contribution in [2.24, 2.45) is 0 Å². The van der Waals surface area contributed by atoms with E-state index in [1.807, 2.05) is 12.1 Å². The summed E-state index contributed by atoms with van der Waals surface area (Å²) in [6.45, 7) is -0.0550. The van der Waals surface area contributed by atoms with Crippen LogP contribution in [0.4, 0.5) is 0 Å². The van der Waals surface area contributed by atoms with E-state index >= 15 is 0 Å². The van der Waals surface area contributed by atoms with Gasteiger partial charge < -0.3 is 5.11 Å². The molecule has 0 unspecified atom stereocenters. The Balaban J connectivity index is 0.000000180. The van der Waals surface area contributed by atoms with Gasteiger partial charge in [-0.3, -0.25) is 0 Å². The van der Waals surface area contributed by atoms with Crippen LogP contribution in [0.3, 0.4) is 0 Å². The number of hydrogen-bond acceptors (Lipinski definition) is 3. The van der Waals surface area contributed by atoms with Crippen LogP contribution in [0, 0.1) is 0 Å². The molecule has 2 rings (SSSR count). The number of halogens is 3. The number of aromatic nitrogens is 2. The first-order valence-electron chi connectivity index (χ1n) is 5.05. The van der Waals surface area contributed by atoms with Gasteiger partial charge in [-0.05, 0) is 24.3 Å². The molecule has 2 heterocycles. The molecule has 18 heavy (non-hydrogen) atoms. The molecule has 2 aromatic rings. The van der Waals surface area contributed by atoms with Crippen molar-refractivity contribution in [1.29, 1.82) is 0 Å². The first kappa shape index (κ1) is 15.2. The summed E-state index contributed by atoms with van der Waals surface area (Å²) in [5, 5.41) is 9.45. The normalized spacial score (nSPS) is 9.56. The van der Waals surface area contributed by atoms with E-state index in [0.29, 0.717) is 21.9 Å². The quantitative estimate of drug-likeness (QED) is 0.680. The fraction of sp³-hybridized carbons (Fsp3) is 0.167. The molecule has 0 saturated heterocycles. The molecule has 0 radical (unpaired) electrons. The smallest absolute Gasteiger partial charge is 0.129 e. The summed E-state index contributed by atoms with van der Waals surface area (Å²) in [4.78, 5) is 7.73. The molecule has 0 spiro atoms. The number of alkyl halides is 1. The number of aliphatic hydroxyl groups excluding tert-OH is 1. The average molecular weight is 306 g/mol. The third kappa shape index (κ3) is 5.65. The van der Waals surface area contributed by atoms with Crippen LogP contribution in [0.2, 0.25) is 10.3 Å². The zero-order valence-electron chi connectivity index (χ0n) is 9.35. The van der Waals surface area contributed by atoms with Gasteiger partial charge in [-0.1, -0.05) is 35.3 Å². The van der Waals surface area contributed by atoms with Gasteiger partial charge in [0.15, 0.2) is 0 Å². The summed E-state index contributed by atoms with van der Waals surface area (Å²) in [6.07, 6.45) is 0. The van der Waals surface area contributed by atoms with Gasteiger partial charge in [0.25, 0.3) is 0 Å². The standard InChI is InChI=1S/C6H5Cl2N.C6H6ClNO/c7-4-5-2-1-3-6(8)9-5;7-6-3-1-2-5(4-9)8-6/h1-3H,4H2;1-3,9H,4H2. The molecular formula is C12H11Cl3N2O. The van der Waals surface area contributed by atoms with Gasteiger partial charge in [0.2, 0.25) is 0 Å². The largest absolute Gasteiger partial charge is 0.390 e. The van der Waals surface area contributed by atoms with Crippen molar-refractivity contribution in [2.75, 3.05) is 0 Å². The molecule has 0 aliphatic heterocycles. The second-order valence-corrected chi connectivity index (χ2v) is 4.24. The number of nitrogens with zero attached hydrogens (tertiary/aromatic N) is 2. The van der Waals surface area contributed by atoms with E-state index < -0.39 is 0 Å². The minimum absolute atomic E-state index is 0.0550. The fourth-order valence-electron chi connectivity index (χ4n) is 1.06. The minimum atomic E-state index is -0.0550. The van der Waals surface area contributed by atoms with E-state index in [1.54, 1.807) is 24.3 Å². The van der Waals surface area contributed by atoms with E-state index in [1.165, 1.54) is 0 Å². The van der Waals surface area contributed by atoms with Gasteiger partial charge >= 0.3 is 0 Å². The lowest BCUT2D eigenvalue weighted by molar-refractivity contribution is 0.277. The summed E-state index contributed by atoms with van der Waals surface area (Å²) < 4.78 is 0. The highest BCUT2D eigenvalue weighted by Crippen LogP contribution is 2.06. The maximum absolute atomic E-state index is 8.54. The minimum Gasteiger partial charge on any atom is -0.390 e. The lowest BCUT2D eigenvalue weighted by Gasteiger charge is -1.92. The molecule has 0 aromatic carbocycles. The SMILES string of the molecule is ClCc1cccc(Cl)n1.OCc1cccc(Cl)n1. The molecule has 3 nitrogen and oxygen atoms in total. The van der Waals surface area contributed by atoms with Gasteiger partial charge in [0, 0.05) is 0 Å². The van der Waals surface area contributed by atoms with Crippen LogP contribution in [0.15, 0.2) is 36.4 Å². The molecule has 6 heteroatoms. The van der Waals surface area contributed by atoms with Crippen LogP contribution in [0.25, 0.3) is 0 Å². The Hall–Kier alpha value is -0.870. The van der Waals surface area contributed by atoms with Crippen molar-refractivity contribution in [3.63, 3.8) is 0 Å². The highest BCUT2D eigenvalue weighted by Gasteiger charge is 1.91. The molecule has 0 bridgehead atoms. The van der Waals surface area contributed by atoms with Crippen molar-refractivity contribution < 1.29 is 5.11 Å². The Labute approximate surface area is 120 Å². The molecule has 0 fully saturated rings. The second kappa shape index (κ2) is 8.27. The van der Waals surface area contributed by atoms with Crippen LogP contribution >= 0.6 is 34.8 Å². The summed E-state index contributed by atoms with van der Waals surface area (Å²) in [5.41, 5.74) is 1.41. The van der Waals surface area contributed by atoms with Crippen molar-refractivity contribution >= 4 is 34.8 Å². The third-order valence-electron chi connectivity index (χ3n) is 1.84. The van der Waals surface area contributed by atoms with Gasteiger partial charge in [-0.2, -0.15) is 0 Å². The summed E-state index contributed by atoms with van der Waals surface area (Å²) in [6, 6.07) is 10.5. The van der Waals surface area contributed by atoms with E-state index in [4.69, 9.17) is 39.9 Å². The van der Waals surface area contributed by atoms with Gasteiger partial charge in [-0.25, -0.2) is 9.97 Å². The maximum atomic E-state index is 8.54. The van der Waals surface area contributed by atoms with Crippen molar-refractivity contribution in [2.45, 2.75) is 12.5 Å². The van der Waals surface area contributed by atoms with E-state index in [9.17, 15) is 0 Å². The maximum Gasteiger partial charge on any atom is 0.129 e. The van der Waals surface area contributed by atoms with Gasteiger partial charge in [0.1, 0.15) is 10.3 Å². The van der Waals surface area contributed by atoms with E-state index in [0.717, 1.165) is 5.69 Å². The monoisotopic (exact) mass is 304 g/mol. The Kier molecular flexibility index (Phi) is 6.98. The second-order valence-electron chi connectivity index (χ2n) is 3.20. The van der Waals surface area contributed by atoms with Crippen LogP contribution < -0.4 is 0 Å². The predicted molar refractivity (Wildman–Crippen MR) is 74.0 cm³/mol. The van der Waals surface area contributed by atoms with Gasteiger partial charge in [0.05, 0.1) is 23.9 Å². The molecule has 0 aliphatic carbocycles. The average Bonchev–Trinajstić information content (AvgIpc) is 2.39. The van der Waals surface area contributed by atoms with Crippen molar-refractivity contribution in [3.8, 4) is 0 Å². The summed E-state index contributed by atoms with van der Waals surface area (Å²) in [7, 11) is 0. The highest BCUT2D eigenvalue weighted by molar-refractivity contribution is 6.29. The van der Waals surface area contributed by atoms with Crippen LogP contribution in [-0.4, -0.2) is 15.1 Å². The molecule has 96 valence electrons. The van der Waals surface area contributed by atoms with E-state index in [2.05, 4.69) is 9.97 Å². The summed E-state index contributed by atoms with van der Waals surface area (Å²) in [5.74, 6) is 0.417. The molecule has 1 N–H and O–H groups in total. The van der Waals surface area contributed by atoms with Crippen molar-refractivity contribution in [1.82, 2.24) is 9.97 Å². The number of pyridine rings is 2. The Bertz CT molecular complexity index is 449. The lowest BCUT2D eigenvalue weighted by Crippen LogP contribution is -1.86. The Morgan fingerprint density at radius 3 is 1.72 bits per heavy atom. The molecule has 2 aromatic heterocycles. The number of aliphatic hydroxyl groups is 1. The molecule has 0 atom stereocenters. The molecule has 0 amide bonds. The topological polar surface area (TPSA) is 46.0 Å². The highest BCUT2D eigenvalue weighted by atomic mass is 35.5. The molecular weight excluding hydrogens is 295 g/mol. The zero-order chi connectivity index (χ0) is 13.4. The number of rotatable bonds is 2. The lowest BCUT2D eigenvalue weighted by atomic mass is 10.4. The van der Waals surface area contributed by atoms with Crippen LogP contribution in [0.1, 0.15) is 11.4 Å².